The fourth-order valence-corrected chi connectivity index (χ4v) is 4.34. The van der Waals surface area contributed by atoms with Gasteiger partial charge in [0.1, 0.15) is 6.61 Å². The van der Waals surface area contributed by atoms with Crippen molar-refractivity contribution in [2.45, 2.75) is 32.8 Å². The molecule has 3 rings (SSSR count). The zero-order valence-corrected chi connectivity index (χ0v) is 23.0. The van der Waals surface area contributed by atoms with Gasteiger partial charge in [-0.2, -0.15) is 5.10 Å². The van der Waals surface area contributed by atoms with Gasteiger partial charge in [0.15, 0.2) is 11.5 Å². The Morgan fingerprint density at radius 2 is 1.79 bits per heavy atom. The van der Waals surface area contributed by atoms with E-state index in [4.69, 9.17) is 32.7 Å². The van der Waals surface area contributed by atoms with Crippen LogP contribution < -0.4 is 14.9 Å². The Kier molecular flexibility index (Phi) is 8.84. The Hall–Kier alpha value is -2.29. The molecule has 3 aromatic carbocycles. The van der Waals surface area contributed by atoms with E-state index in [0.29, 0.717) is 27.1 Å². The molecule has 0 unspecified atom stereocenters. The fraction of sp³-hybridized carbons (Fsp3) is 0.231. The summed E-state index contributed by atoms with van der Waals surface area (Å²) in [6.07, 6.45) is 1.56. The molecule has 5 nitrogen and oxygen atoms in total. The minimum absolute atomic E-state index is 0.0281. The van der Waals surface area contributed by atoms with E-state index in [1.165, 1.54) is 0 Å². The van der Waals surface area contributed by atoms with Crippen LogP contribution in [-0.2, 0) is 12.0 Å². The third-order valence-electron chi connectivity index (χ3n) is 5.03. The molecule has 0 saturated heterocycles. The van der Waals surface area contributed by atoms with Crippen molar-refractivity contribution in [1.82, 2.24) is 5.43 Å². The number of nitrogens with one attached hydrogen (secondary N) is 1. The summed E-state index contributed by atoms with van der Waals surface area (Å²) in [7, 11) is 1.57. The molecule has 0 fully saturated rings. The highest BCUT2D eigenvalue weighted by Crippen LogP contribution is 2.35. The lowest BCUT2D eigenvalue weighted by atomic mass is 9.87. The first-order valence-electron chi connectivity index (χ1n) is 10.5. The van der Waals surface area contributed by atoms with E-state index in [1.54, 1.807) is 43.7 Å². The molecular weight excluding hydrogens is 586 g/mol. The van der Waals surface area contributed by atoms with Crippen molar-refractivity contribution in [2.75, 3.05) is 7.11 Å². The number of methoxy groups -OCH3 is 1. The van der Waals surface area contributed by atoms with Crippen molar-refractivity contribution >= 4 is 57.9 Å². The Morgan fingerprint density at radius 3 is 2.41 bits per heavy atom. The average Bonchev–Trinajstić information content (AvgIpc) is 2.78. The average molecular weight is 611 g/mol. The Morgan fingerprint density at radius 1 is 1.09 bits per heavy atom. The minimum Gasteiger partial charge on any atom is -0.493 e. The van der Waals surface area contributed by atoms with E-state index >= 15 is 0 Å². The zero-order chi connectivity index (χ0) is 24.9. The number of hydrogen-bond donors (Lipinski definition) is 1. The summed E-state index contributed by atoms with van der Waals surface area (Å²) in [5.41, 5.74) is 5.86. The predicted octanol–water partition coefficient (Wildman–Crippen LogP) is 7.25. The van der Waals surface area contributed by atoms with Crippen LogP contribution in [0, 0.1) is 3.57 Å². The van der Waals surface area contributed by atoms with Gasteiger partial charge in [0.2, 0.25) is 0 Å². The van der Waals surface area contributed by atoms with Gasteiger partial charge in [0.05, 0.1) is 16.9 Å². The second-order valence-corrected chi connectivity index (χ2v) is 10.6. The lowest BCUT2D eigenvalue weighted by Crippen LogP contribution is -2.18. The first-order valence-corrected chi connectivity index (χ1v) is 12.3. The van der Waals surface area contributed by atoms with E-state index in [2.05, 4.69) is 53.9 Å². The maximum absolute atomic E-state index is 12.4. The number of nitrogens with zero attached hydrogens (tertiary/aromatic N) is 1. The quantitative estimate of drug-likeness (QED) is 0.174. The van der Waals surface area contributed by atoms with Crippen LogP contribution >= 0.6 is 45.8 Å². The second-order valence-electron chi connectivity index (χ2n) is 8.58. The highest BCUT2D eigenvalue weighted by molar-refractivity contribution is 14.1. The number of ether oxygens (including phenoxy) is 2. The van der Waals surface area contributed by atoms with Gasteiger partial charge in [-0.15, -0.1) is 0 Å². The largest absolute Gasteiger partial charge is 0.493 e. The first-order chi connectivity index (χ1) is 16.1. The molecular formula is C26H25Cl2IN2O3. The molecule has 178 valence electrons. The van der Waals surface area contributed by atoms with Gasteiger partial charge < -0.3 is 9.47 Å². The molecule has 0 aromatic heterocycles. The van der Waals surface area contributed by atoms with E-state index in [1.807, 2.05) is 24.3 Å². The lowest BCUT2D eigenvalue weighted by molar-refractivity contribution is 0.0955. The van der Waals surface area contributed by atoms with Gasteiger partial charge in [0.25, 0.3) is 5.91 Å². The minimum atomic E-state index is -0.279. The Labute approximate surface area is 223 Å². The standard InChI is InChI=1S/C26H25Cl2IN2O3/c1-26(2,3)19-8-5-17(6-9-19)25(32)31-30-14-16-11-22(29)24(23(12-16)33-4)34-15-18-7-10-20(27)13-21(18)28/h5-14H,15H2,1-4H3,(H,31,32)/b30-14-. The maximum Gasteiger partial charge on any atom is 0.271 e. The molecule has 0 radical (unpaired) electrons. The topological polar surface area (TPSA) is 59.9 Å². The molecule has 1 amide bonds. The smallest absolute Gasteiger partial charge is 0.271 e. The van der Waals surface area contributed by atoms with Crippen molar-refractivity contribution in [3.63, 3.8) is 0 Å². The molecule has 34 heavy (non-hydrogen) atoms. The summed E-state index contributed by atoms with van der Waals surface area (Å²) < 4.78 is 12.3. The van der Waals surface area contributed by atoms with Crippen molar-refractivity contribution < 1.29 is 14.3 Å². The van der Waals surface area contributed by atoms with Gasteiger partial charge in [-0.05, 0) is 75.5 Å². The molecule has 8 heteroatoms. The van der Waals surface area contributed by atoms with Crippen molar-refractivity contribution in [3.8, 4) is 11.5 Å². The van der Waals surface area contributed by atoms with Crippen LogP contribution in [0.15, 0.2) is 59.7 Å². The number of hydrazone groups is 1. The fourth-order valence-electron chi connectivity index (χ4n) is 3.09. The number of hydrogen-bond acceptors (Lipinski definition) is 4. The molecule has 3 aromatic rings. The molecule has 0 atom stereocenters. The zero-order valence-electron chi connectivity index (χ0n) is 19.3. The van der Waals surface area contributed by atoms with Crippen LogP contribution in [0.2, 0.25) is 10.0 Å². The third kappa shape index (κ3) is 6.87. The van der Waals surface area contributed by atoms with Crippen molar-refractivity contribution in [2.24, 2.45) is 5.10 Å². The number of carbonyl (C=O) groups excluding carboxylic acids is 1. The van der Waals surface area contributed by atoms with Gasteiger partial charge in [-0.1, -0.05) is 62.2 Å². The number of benzene rings is 3. The van der Waals surface area contributed by atoms with Gasteiger partial charge in [0, 0.05) is 21.2 Å². The van der Waals surface area contributed by atoms with Gasteiger partial charge in [-0.3, -0.25) is 4.79 Å². The molecule has 0 aliphatic heterocycles. The van der Waals surface area contributed by atoms with E-state index < -0.39 is 0 Å². The van der Waals surface area contributed by atoms with E-state index in [9.17, 15) is 4.79 Å². The highest BCUT2D eigenvalue weighted by atomic mass is 127. The molecule has 0 heterocycles. The summed E-state index contributed by atoms with van der Waals surface area (Å²) >= 11 is 14.4. The van der Waals surface area contributed by atoms with Crippen LogP contribution in [-0.4, -0.2) is 19.2 Å². The normalized spacial score (nSPS) is 11.5. The van der Waals surface area contributed by atoms with Crippen molar-refractivity contribution in [1.29, 1.82) is 0 Å². The molecule has 1 N–H and O–H groups in total. The molecule has 0 spiro atoms. The predicted molar refractivity (Wildman–Crippen MR) is 147 cm³/mol. The number of rotatable bonds is 7. The van der Waals surface area contributed by atoms with Crippen LogP contribution in [0.5, 0.6) is 11.5 Å². The number of halogens is 3. The molecule has 0 aliphatic carbocycles. The second kappa shape index (κ2) is 11.4. The van der Waals surface area contributed by atoms with E-state index in [0.717, 1.165) is 20.3 Å². The molecule has 0 bridgehead atoms. The van der Waals surface area contributed by atoms with Crippen LogP contribution in [0.4, 0.5) is 0 Å². The first kappa shape index (κ1) is 26.3. The molecule has 0 saturated carbocycles. The van der Waals surface area contributed by atoms with Crippen molar-refractivity contribution in [3.05, 3.63) is 90.5 Å². The van der Waals surface area contributed by atoms with Gasteiger partial charge >= 0.3 is 0 Å². The summed E-state index contributed by atoms with van der Waals surface area (Å²) in [5, 5.41) is 5.20. The highest BCUT2D eigenvalue weighted by Gasteiger charge is 2.15. The van der Waals surface area contributed by atoms with E-state index in [-0.39, 0.29) is 17.9 Å². The molecule has 0 aliphatic rings. The van der Waals surface area contributed by atoms with Crippen LogP contribution in [0.1, 0.15) is 47.8 Å². The third-order valence-corrected chi connectivity index (χ3v) is 6.42. The summed E-state index contributed by atoms with van der Waals surface area (Å²) in [6.45, 7) is 6.65. The lowest BCUT2D eigenvalue weighted by Gasteiger charge is -2.18. The Bertz CT molecular complexity index is 1210. The number of amides is 1. The van der Waals surface area contributed by atoms with Gasteiger partial charge in [-0.25, -0.2) is 5.43 Å². The SMILES string of the molecule is COc1cc(/C=N\NC(=O)c2ccc(C(C)(C)C)cc2)cc(I)c1OCc1ccc(Cl)cc1Cl. The number of carbonyl (C=O) groups is 1. The summed E-state index contributed by atoms with van der Waals surface area (Å²) in [6, 6.07) is 16.5. The summed E-state index contributed by atoms with van der Waals surface area (Å²) in [5.74, 6) is 0.856. The maximum atomic E-state index is 12.4. The van der Waals surface area contributed by atoms with Crippen LogP contribution in [0.25, 0.3) is 0 Å². The monoisotopic (exact) mass is 610 g/mol. The summed E-state index contributed by atoms with van der Waals surface area (Å²) in [4.78, 5) is 12.4. The Balaban J connectivity index is 1.68. The van der Waals surface area contributed by atoms with Crippen LogP contribution in [0.3, 0.4) is 0 Å².